The lowest BCUT2D eigenvalue weighted by Crippen LogP contribution is -2.14. The first-order chi connectivity index (χ1) is 10.1. The van der Waals surface area contributed by atoms with Gasteiger partial charge in [0.2, 0.25) is 0 Å². The molecule has 1 saturated carbocycles. The maximum absolute atomic E-state index is 6.89. The average Bonchev–Trinajstić information content (AvgIpc) is 3.29. The monoisotopic (exact) mass is 300 g/mol. The molecule has 0 heterocycles. The lowest BCUT2D eigenvalue weighted by atomic mass is 9.87. The SMILES string of the molecule is COc1c(C)cc(C(Cl)C2(c3ccccc3)CC2)cc1C. The predicted octanol–water partition coefficient (Wildman–Crippen LogP) is 5.32. The Morgan fingerprint density at radius 3 is 2.10 bits per heavy atom. The fraction of sp³-hybridized carbons (Fsp3) is 0.368. The normalized spacial score (nSPS) is 17.3. The van der Waals surface area contributed by atoms with Crippen molar-refractivity contribution in [1.29, 1.82) is 0 Å². The van der Waals surface area contributed by atoms with Crippen LogP contribution < -0.4 is 4.74 Å². The summed E-state index contributed by atoms with van der Waals surface area (Å²) in [6.07, 6.45) is 2.32. The second-order valence-corrected chi connectivity index (χ2v) is 6.51. The summed E-state index contributed by atoms with van der Waals surface area (Å²) in [7, 11) is 1.72. The Morgan fingerprint density at radius 1 is 1.05 bits per heavy atom. The average molecular weight is 301 g/mol. The number of ether oxygens (including phenoxy) is 1. The number of hydrogen-bond acceptors (Lipinski definition) is 1. The molecule has 1 fully saturated rings. The molecule has 0 N–H and O–H groups in total. The molecule has 1 atom stereocenters. The first-order valence-electron chi connectivity index (χ1n) is 7.43. The van der Waals surface area contributed by atoms with Crippen LogP contribution in [0, 0.1) is 13.8 Å². The summed E-state index contributed by atoms with van der Waals surface area (Å²) in [4.78, 5) is 0. The molecule has 0 amide bonds. The molecular weight excluding hydrogens is 280 g/mol. The van der Waals surface area contributed by atoms with Crippen LogP contribution in [0.3, 0.4) is 0 Å². The third kappa shape index (κ3) is 2.44. The maximum Gasteiger partial charge on any atom is 0.124 e. The minimum absolute atomic E-state index is 0.0169. The Bertz CT molecular complexity index is 621. The zero-order valence-electron chi connectivity index (χ0n) is 12.8. The van der Waals surface area contributed by atoms with Gasteiger partial charge >= 0.3 is 0 Å². The summed E-state index contributed by atoms with van der Waals surface area (Å²) < 4.78 is 5.45. The summed E-state index contributed by atoms with van der Waals surface area (Å²) in [5.74, 6) is 0.965. The zero-order valence-corrected chi connectivity index (χ0v) is 13.6. The van der Waals surface area contributed by atoms with Gasteiger partial charge in [-0.15, -0.1) is 11.6 Å². The largest absolute Gasteiger partial charge is 0.496 e. The number of aryl methyl sites for hydroxylation is 2. The van der Waals surface area contributed by atoms with E-state index in [9.17, 15) is 0 Å². The third-order valence-electron chi connectivity index (χ3n) is 4.60. The van der Waals surface area contributed by atoms with Crippen molar-refractivity contribution in [3.05, 3.63) is 64.7 Å². The molecule has 2 aromatic rings. The second kappa shape index (κ2) is 5.38. The number of benzene rings is 2. The summed E-state index contributed by atoms with van der Waals surface area (Å²) in [5, 5.41) is 0.0169. The van der Waals surface area contributed by atoms with Gasteiger partial charge in [-0.05, 0) is 48.9 Å². The van der Waals surface area contributed by atoms with Crippen molar-refractivity contribution in [3.8, 4) is 5.75 Å². The standard InChI is InChI=1S/C19H21ClO/c1-13-11-15(12-14(2)17(13)21-3)18(20)19(9-10-19)16-7-5-4-6-8-16/h4-8,11-12,18H,9-10H2,1-3H3. The molecule has 0 aromatic heterocycles. The molecule has 1 nitrogen and oxygen atoms in total. The highest BCUT2D eigenvalue weighted by Crippen LogP contribution is 2.59. The lowest BCUT2D eigenvalue weighted by Gasteiger charge is -2.24. The van der Waals surface area contributed by atoms with Crippen molar-refractivity contribution in [1.82, 2.24) is 0 Å². The maximum atomic E-state index is 6.89. The highest BCUT2D eigenvalue weighted by atomic mass is 35.5. The number of hydrogen-bond donors (Lipinski definition) is 0. The van der Waals surface area contributed by atoms with Crippen LogP contribution in [0.4, 0.5) is 0 Å². The van der Waals surface area contributed by atoms with Gasteiger partial charge in [-0.3, -0.25) is 0 Å². The van der Waals surface area contributed by atoms with E-state index in [0.717, 1.165) is 29.7 Å². The third-order valence-corrected chi connectivity index (χ3v) is 5.27. The van der Waals surface area contributed by atoms with Gasteiger partial charge in [0.1, 0.15) is 5.75 Å². The fourth-order valence-corrected chi connectivity index (χ4v) is 3.83. The van der Waals surface area contributed by atoms with Crippen molar-refractivity contribution < 1.29 is 4.74 Å². The number of methoxy groups -OCH3 is 1. The Hall–Kier alpha value is -1.47. The number of alkyl halides is 1. The van der Waals surface area contributed by atoms with Crippen LogP contribution in [0.5, 0.6) is 5.75 Å². The van der Waals surface area contributed by atoms with E-state index in [1.165, 1.54) is 11.1 Å². The van der Waals surface area contributed by atoms with Crippen LogP contribution in [-0.4, -0.2) is 7.11 Å². The van der Waals surface area contributed by atoms with Gasteiger partial charge < -0.3 is 4.74 Å². The van der Waals surface area contributed by atoms with E-state index in [0.29, 0.717) is 0 Å². The molecule has 2 aromatic carbocycles. The predicted molar refractivity (Wildman–Crippen MR) is 88.4 cm³/mol. The van der Waals surface area contributed by atoms with Gasteiger partial charge in [0, 0.05) is 5.41 Å². The summed E-state index contributed by atoms with van der Waals surface area (Å²) >= 11 is 6.89. The zero-order chi connectivity index (χ0) is 15.0. The van der Waals surface area contributed by atoms with E-state index in [1.54, 1.807) is 7.11 Å². The summed E-state index contributed by atoms with van der Waals surface area (Å²) in [6.45, 7) is 4.17. The van der Waals surface area contributed by atoms with Crippen LogP contribution in [-0.2, 0) is 5.41 Å². The quantitative estimate of drug-likeness (QED) is 0.694. The van der Waals surface area contributed by atoms with Gasteiger partial charge in [-0.25, -0.2) is 0 Å². The highest BCUT2D eigenvalue weighted by molar-refractivity contribution is 6.22. The van der Waals surface area contributed by atoms with Crippen molar-refractivity contribution in [2.75, 3.05) is 7.11 Å². The van der Waals surface area contributed by atoms with Crippen molar-refractivity contribution >= 4 is 11.6 Å². The molecule has 1 aliphatic carbocycles. The first-order valence-corrected chi connectivity index (χ1v) is 7.87. The molecule has 21 heavy (non-hydrogen) atoms. The molecule has 0 aliphatic heterocycles. The Morgan fingerprint density at radius 2 is 1.62 bits per heavy atom. The van der Waals surface area contributed by atoms with Crippen LogP contribution in [0.1, 0.15) is 40.5 Å². The first kappa shape index (κ1) is 14.5. The van der Waals surface area contributed by atoms with Gasteiger partial charge in [0.25, 0.3) is 0 Å². The van der Waals surface area contributed by atoms with Crippen LogP contribution in [0.15, 0.2) is 42.5 Å². The van der Waals surface area contributed by atoms with E-state index < -0.39 is 0 Å². The molecule has 0 spiro atoms. The van der Waals surface area contributed by atoms with E-state index in [4.69, 9.17) is 16.3 Å². The van der Waals surface area contributed by atoms with E-state index in [-0.39, 0.29) is 10.8 Å². The van der Waals surface area contributed by atoms with E-state index in [1.807, 2.05) is 0 Å². The van der Waals surface area contributed by atoms with Gasteiger partial charge in [0.15, 0.2) is 0 Å². The van der Waals surface area contributed by atoms with Gasteiger partial charge in [0.05, 0.1) is 12.5 Å². The van der Waals surface area contributed by atoms with Crippen molar-refractivity contribution in [3.63, 3.8) is 0 Å². The smallest absolute Gasteiger partial charge is 0.124 e. The minimum atomic E-state index is 0.0169. The summed E-state index contributed by atoms with van der Waals surface area (Å²) in [6, 6.07) is 15.0. The van der Waals surface area contributed by atoms with Crippen LogP contribution in [0.25, 0.3) is 0 Å². The Balaban J connectivity index is 1.98. The fourth-order valence-electron chi connectivity index (χ4n) is 3.36. The number of halogens is 1. The molecular formula is C19H21ClO. The lowest BCUT2D eigenvalue weighted by molar-refractivity contribution is 0.408. The molecule has 3 rings (SSSR count). The van der Waals surface area contributed by atoms with E-state index >= 15 is 0 Å². The minimum Gasteiger partial charge on any atom is -0.496 e. The van der Waals surface area contributed by atoms with Gasteiger partial charge in [-0.2, -0.15) is 0 Å². The Labute approximate surface area is 131 Å². The molecule has 0 saturated heterocycles. The topological polar surface area (TPSA) is 9.23 Å². The number of rotatable bonds is 4. The summed E-state index contributed by atoms with van der Waals surface area (Å²) in [5.41, 5.74) is 4.98. The molecule has 0 radical (unpaired) electrons. The van der Waals surface area contributed by atoms with Crippen LogP contribution >= 0.6 is 11.6 Å². The van der Waals surface area contributed by atoms with E-state index in [2.05, 4.69) is 56.3 Å². The molecule has 110 valence electrons. The van der Waals surface area contributed by atoms with Crippen molar-refractivity contribution in [2.24, 2.45) is 0 Å². The highest BCUT2D eigenvalue weighted by Gasteiger charge is 2.50. The molecule has 1 aliphatic rings. The molecule has 2 heteroatoms. The van der Waals surface area contributed by atoms with Gasteiger partial charge in [-0.1, -0.05) is 42.5 Å². The second-order valence-electron chi connectivity index (χ2n) is 6.07. The molecule has 0 bridgehead atoms. The van der Waals surface area contributed by atoms with Crippen LogP contribution in [0.2, 0.25) is 0 Å². The Kier molecular flexibility index (Phi) is 3.71. The molecule has 1 unspecified atom stereocenters. The van der Waals surface area contributed by atoms with Crippen molar-refractivity contribution in [2.45, 2.75) is 37.5 Å².